The molecule has 0 unspecified atom stereocenters. The molecular weight excluding hydrogens is 320 g/mol. The highest BCUT2D eigenvalue weighted by atomic mass is 16.2. The Morgan fingerprint density at radius 3 is 2.60 bits per heavy atom. The zero-order chi connectivity index (χ0) is 18.3. The molecule has 1 aromatic heterocycles. The zero-order valence-electron chi connectivity index (χ0n) is 15.4. The number of fused-ring (bicyclic) bond motifs is 1. The second-order valence-electron chi connectivity index (χ2n) is 7.29. The number of aromatic nitrogens is 2. The number of likely N-dealkylation sites (tertiary alicyclic amines) is 2. The second-order valence-corrected chi connectivity index (χ2v) is 7.29. The van der Waals surface area contributed by atoms with E-state index < -0.39 is 0 Å². The van der Waals surface area contributed by atoms with Crippen LogP contribution in [0.1, 0.15) is 41.5 Å². The van der Waals surface area contributed by atoms with Gasteiger partial charge in [-0.05, 0) is 33.1 Å². The van der Waals surface area contributed by atoms with Gasteiger partial charge in [0.25, 0.3) is 0 Å². The summed E-state index contributed by atoms with van der Waals surface area (Å²) in [6, 6.07) is 0. The van der Waals surface area contributed by atoms with E-state index in [4.69, 9.17) is 0 Å². The molecule has 136 valence electrons. The fraction of sp³-hybridized carbons (Fsp3) is 0.667. The van der Waals surface area contributed by atoms with Gasteiger partial charge in [0, 0.05) is 45.3 Å². The zero-order valence-corrected chi connectivity index (χ0v) is 15.4. The number of piperidine rings is 1. The number of hydrogen-bond donors (Lipinski definition) is 0. The summed E-state index contributed by atoms with van der Waals surface area (Å²) in [5, 5.41) is 4.39. The lowest BCUT2D eigenvalue weighted by atomic mass is 9.88. The summed E-state index contributed by atoms with van der Waals surface area (Å²) < 4.78 is 1.74. The molecule has 3 heterocycles. The van der Waals surface area contributed by atoms with Crippen molar-refractivity contribution in [3.05, 3.63) is 17.0 Å². The minimum Gasteiger partial charge on any atom is -0.345 e. The van der Waals surface area contributed by atoms with E-state index in [1.807, 2.05) is 25.8 Å². The molecule has 2 fully saturated rings. The van der Waals surface area contributed by atoms with Gasteiger partial charge in [-0.15, -0.1) is 0 Å². The van der Waals surface area contributed by atoms with E-state index in [0.717, 1.165) is 18.7 Å². The van der Waals surface area contributed by atoms with Crippen molar-refractivity contribution in [2.45, 2.75) is 40.2 Å². The molecule has 2 atom stereocenters. The smallest absolute Gasteiger partial charge is 0.227 e. The molecule has 2 aliphatic heterocycles. The third kappa shape index (κ3) is 3.19. The Morgan fingerprint density at radius 1 is 1.24 bits per heavy atom. The maximum absolute atomic E-state index is 12.6. The van der Waals surface area contributed by atoms with E-state index in [-0.39, 0.29) is 23.5 Å². The van der Waals surface area contributed by atoms with Crippen LogP contribution in [-0.2, 0) is 16.1 Å². The second kappa shape index (κ2) is 6.61. The van der Waals surface area contributed by atoms with Crippen molar-refractivity contribution in [1.82, 2.24) is 19.6 Å². The molecule has 25 heavy (non-hydrogen) atoms. The highest BCUT2D eigenvalue weighted by Crippen LogP contribution is 2.31. The summed E-state index contributed by atoms with van der Waals surface area (Å²) >= 11 is 0. The maximum Gasteiger partial charge on any atom is 0.227 e. The average Bonchev–Trinajstić information content (AvgIpc) is 3.10. The van der Waals surface area contributed by atoms with E-state index in [1.165, 1.54) is 6.92 Å². The average molecular weight is 346 g/mol. The van der Waals surface area contributed by atoms with Crippen LogP contribution < -0.4 is 0 Å². The van der Waals surface area contributed by atoms with Gasteiger partial charge in [-0.3, -0.25) is 19.1 Å². The normalized spacial score (nSPS) is 23.1. The van der Waals surface area contributed by atoms with Gasteiger partial charge in [-0.1, -0.05) is 0 Å². The molecule has 0 bridgehead atoms. The highest BCUT2D eigenvalue weighted by Gasteiger charge is 2.43. The third-order valence-electron chi connectivity index (χ3n) is 5.59. The van der Waals surface area contributed by atoms with E-state index >= 15 is 0 Å². The molecule has 2 amide bonds. The van der Waals surface area contributed by atoms with Gasteiger partial charge in [-0.25, -0.2) is 0 Å². The quantitative estimate of drug-likeness (QED) is 0.763. The van der Waals surface area contributed by atoms with Crippen molar-refractivity contribution in [3.63, 3.8) is 0 Å². The van der Waals surface area contributed by atoms with Crippen LogP contribution >= 0.6 is 0 Å². The number of amides is 2. The van der Waals surface area contributed by atoms with Crippen molar-refractivity contribution >= 4 is 17.6 Å². The molecule has 7 heteroatoms. The maximum atomic E-state index is 12.6. The van der Waals surface area contributed by atoms with E-state index in [1.54, 1.807) is 9.58 Å². The standard InChI is InChI=1S/C18H26N4O3/c1-11-17(13(3)23)12(2)22(19-11)8-6-16(24)21-9-14-5-7-20(4)18(25)15(14)10-21/h14-15H,5-10H2,1-4H3/t14-,15+/m1/s1. The summed E-state index contributed by atoms with van der Waals surface area (Å²) in [5.74, 6) is 0.475. The number of carbonyl (C=O) groups excluding carboxylic acids is 3. The first-order valence-corrected chi connectivity index (χ1v) is 8.87. The topological polar surface area (TPSA) is 75.5 Å². The first-order chi connectivity index (χ1) is 11.8. The largest absolute Gasteiger partial charge is 0.345 e. The van der Waals surface area contributed by atoms with Crippen molar-refractivity contribution in [2.24, 2.45) is 11.8 Å². The van der Waals surface area contributed by atoms with Gasteiger partial charge in [0.2, 0.25) is 11.8 Å². The summed E-state index contributed by atoms with van der Waals surface area (Å²) in [5.41, 5.74) is 2.16. The van der Waals surface area contributed by atoms with Gasteiger partial charge in [0.15, 0.2) is 5.78 Å². The van der Waals surface area contributed by atoms with E-state index in [2.05, 4.69) is 5.10 Å². The highest BCUT2D eigenvalue weighted by molar-refractivity contribution is 5.96. The summed E-state index contributed by atoms with van der Waals surface area (Å²) in [4.78, 5) is 40.1. The predicted octanol–water partition coefficient (Wildman–Crippen LogP) is 1.03. The summed E-state index contributed by atoms with van der Waals surface area (Å²) in [6.07, 6.45) is 1.30. The number of rotatable bonds is 4. The summed E-state index contributed by atoms with van der Waals surface area (Å²) in [7, 11) is 1.83. The monoisotopic (exact) mass is 346 g/mol. The molecule has 0 spiro atoms. The molecule has 2 saturated heterocycles. The van der Waals surface area contributed by atoms with Gasteiger partial charge in [0.1, 0.15) is 0 Å². The Balaban J connectivity index is 1.62. The van der Waals surface area contributed by atoms with Gasteiger partial charge in [0.05, 0.1) is 17.2 Å². The Morgan fingerprint density at radius 2 is 1.96 bits per heavy atom. The molecule has 7 nitrogen and oxygen atoms in total. The lowest BCUT2D eigenvalue weighted by Gasteiger charge is -2.30. The first kappa shape index (κ1) is 17.6. The van der Waals surface area contributed by atoms with Crippen LogP contribution in [0.4, 0.5) is 0 Å². The van der Waals surface area contributed by atoms with E-state index in [9.17, 15) is 14.4 Å². The Bertz CT molecular complexity index is 724. The van der Waals surface area contributed by atoms with Crippen molar-refractivity contribution < 1.29 is 14.4 Å². The number of carbonyl (C=O) groups is 3. The minimum absolute atomic E-state index is 0.00109. The molecule has 0 radical (unpaired) electrons. The SMILES string of the molecule is CC(=O)c1c(C)nn(CCC(=O)N2C[C@H]3CCN(C)C(=O)[C@H]3C2)c1C. The van der Waals surface area contributed by atoms with Crippen LogP contribution in [-0.4, -0.2) is 63.9 Å². The molecule has 1 aromatic rings. The van der Waals surface area contributed by atoms with Crippen molar-refractivity contribution in [2.75, 3.05) is 26.7 Å². The predicted molar refractivity (Wildman–Crippen MR) is 92.1 cm³/mol. The van der Waals surface area contributed by atoms with Crippen molar-refractivity contribution in [3.8, 4) is 0 Å². The first-order valence-electron chi connectivity index (χ1n) is 8.87. The van der Waals surface area contributed by atoms with Crippen LogP contribution in [0.2, 0.25) is 0 Å². The minimum atomic E-state index is -0.0410. The number of hydrogen-bond acceptors (Lipinski definition) is 4. The van der Waals surface area contributed by atoms with Crippen LogP contribution in [0.3, 0.4) is 0 Å². The molecule has 0 aliphatic carbocycles. The fourth-order valence-corrected chi connectivity index (χ4v) is 4.18. The Labute approximate surface area is 148 Å². The van der Waals surface area contributed by atoms with Gasteiger partial charge < -0.3 is 9.80 Å². The molecule has 0 aromatic carbocycles. The van der Waals surface area contributed by atoms with Crippen molar-refractivity contribution in [1.29, 1.82) is 0 Å². The molecule has 0 N–H and O–H groups in total. The number of aryl methyl sites for hydroxylation is 2. The number of ketones is 1. The Hall–Kier alpha value is -2.18. The third-order valence-corrected chi connectivity index (χ3v) is 5.59. The van der Waals surface area contributed by atoms with Crippen LogP contribution in [0.5, 0.6) is 0 Å². The lowest BCUT2D eigenvalue weighted by molar-refractivity contribution is -0.138. The van der Waals surface area contributed by atoms with Gasteiger partial charge >= 0.3 is 0 Å². The van der Waals surface area contributed by atoms with Crippen LogP contribution in [0.15, 0.2) is 0 Å². The van der Waals surface area contributed by atoms with Gasteiger partial charge in [-0.2, -0.15) is 5.10 Å². The van der Waals surface area contributed by atoms with E-state index in [0.29, 0.717) is 43.2 Å². The van der Waals surface area contributed by atoms with Crippen LogP contribution in [0.25, 0.3) is 0 Å². The van der Waals surface area contributed by atoms with Crippen LogP contribution in [0, 0.1) is 25.7 Å². The summed E-state index contributed by atoms with van der Waals surface area (Å²) in [6.45, 7) is 7.66. The number of nitrogens with zero attached hydrogens (tertiary/aromatic N) is 4. The lowest BCUT2D eigenvalue weighted by Crippen LogP contribution is -2.42. The Kier molecular flexibility index (Phi) is 4.67. The molecule has 2 aliphatic rings. The molecule has 0 saturated carbocycles. The fourth-order valence-electron chi connectivity index (χ4n) is 4.18. The molecular formula is C18H26N4O3. The molecule has 3 rings (SSSR count). The number of Topliss-reactive ketones (excluding diaryl/α,β-unsaturated/α-hetero) is 1.